The van der Waals surface area contributed by atoms with E-state index in [-0.39, 0.29) is 12.5 Å². The van der Waals surface area contributed by atoms with Gasteiger partial charge in [0.2, 0.25) is 0 Å². The van der Waals surface area contributed by atoms with Gasteiger partial charge in [-0.05, 0) is 49.8 Å². The molecule has 1 fully saturated rings. The zero-order valence-electron chi connectivity index (χ0n) is 11.1. The number of rotatable bonds is 5. The summed E-state index contributed by atoms with van der Waals surface area (Å²) in [4.78, 5) is 11.8. The fourth-order valence-electron chi connectivity index (χ4n) is 2.27. The lowest BCUT2D eigenvalue weighted by atomic mass is 10.2. The number of carbonyl (C=O) groups excluding carboxylic acids is 1. The van der Waals surface area contributed by atoms with Crippen molar-refractivity contribution in [1.29, 1.82) is 0 Å². The number of ether oxygens (including phenoxy) is 1. The maximum atomic E-state index is 11.8. The van der Waals surface area contributed by atoms with E-state index in [9.17, 15) is 4.79 Å². The molecule has 104 valence electrons. The molecule has 0 radical (unpaired) electrons. The third-order valence-electron chi connectivity index (χ3n) is 3.33. The lowest BCUT2D eigenvalue weighted by Crippen LogP contribution is -2.36. The van der Waals surface area contributed by atoms with Crippen molar-refractivity contribution in [2.75, 3.05) is 18.6 Å². The van der Waals surface area contributed by atoms with Gasteiger partial charge < -0.3 is 15.8 Å². The third-order valence-corrected chi connectivity index (χ3v) is 4.43. The highest BCUT2D eigenvalue weighted by Gasteiger charge is 2.25. The number of anilines is 1. The van der Waals surface area contributed by atoms with Crippen molar-refractivity contribution in [2.24, 2.45) is 0 Å². The maximum absolute atomic E-state index is 11.8. The predicted molar refractivity (Wildman–Crippen MR) is 79.4 cm³/mol. The van der Waals surface area contributed by atoms with Gasteiger partial charge in [0.05, 0.1) is 0 Å². The Labute approximate surface area is 118 Å². The van der Waals surface area contributed by atoms with Gasteiger partial charge in [-0.1, -0.05) is 0 Å². The summed E-state index contributed by atoms with van der Waals surface area (Å²) in [7, 11) is 0. The van der Waals surface area contributed by atoms with Gasteiger partial charge in [-0.15, -0.1) is 0 Å². The Bertz CT molecular complexity index is 422. The van der Waals surface area contributed by atoms with Gasteiger partial charge in [-0.2, -0.15) is 11.8 Å². The number of hydrogen-bond acceptors (Lipinski definition) is 4. The summed E-state index contributed by atoms with van der Waals surface area (Å²) < 4.78 is 5.41. The molecule has 2 rings (SSSR count). The molecular formula is C14H20N2O2S. The molecule has 0 bridgehead atoms. The SMILES string of the molecule is CSC1CCC(NC(=O)COc2ccc(N)cc2)C1. The summed E-state index contributed by atoms with van der Waals surface area (Å²) in [6.45, 7) is 0.0599. The first-order valence-corrected chi connectivity index (χ1v) is 7.76. The minimum absolute atomic E-state index is 0.0522. The van der Waals surface area contributed by atoms with Crippen LogP contribution in [-0.2, 0) is 4.79 Å². The van der Waals surface area contributed by atoms with E-state index in [1.54, 1.807) is 24.3 Å². The van der Waals surface area contributed by atoms with Crippen LogP contribution in [0.2, 0.25) is 0 Å². The predicted octanol–water partition coefficient (Wildman–Crippen LogP) is 2.05. The molecule has 19 heavy (non-hydrogen) atoms. The number of nitrogens with two attached hydrogens (primary N) is 1. The van der Waals surface area contributed by atoms with Gasteiger partial charge in [-0.25, -0.2) is 0 Å². The van der Waals surface area contributed by atoms with E-state index in [2.05, 4.69) is 11.6 Å². The second kappa shape index (κ2) is 6.70. The second-order valence-electron chi connectivity index (χ2n) is 4.79. The van der Waals surface area contributed by atoms with Gasteiger partial charge >= 0.3 is 0 Å². The Morgan fingerprint density at radius 2 is 2.16 bits per heavy atom. The van der Waals surface area contributed by atoms with Crippen LogP contribution >= 0.6 is 11.8 Å². The molecule has 5 heteroatoms. The quantitative estimate of drug-likeness (QED) is 0.810. The third kappa shape index (κ3) is 4.35. The summed E-state index contributed by atoms with van der Waals surface area (Å²) in [5.74, 6) is 0.612. The van der Waals surface area contributed by atoms with Gasteiger partial charge in [0.25, 0.3) is 5.91 Å². The first-order chi connectivity index (χ1) is 9.17. The van der Waals surface area contributed by atoms with E-state index in [0.29, 0.717) is 22.7 Å². The van der Waals surface area contributed by atoms with Gasteiger partial charge in [0.15, 0.2) is 6.61 Å². The highest BCUT2D eigenvalue weighted by molar-refractivity contribution is 7.99. The number of nitrogens with one attached hydrogen (secondary N) is 1. The number of nitrogen functional groups attached to an aromatic ring is 1. The van der Waals surface area contributed by atoms with Crippen LogP contribution in [0, 0.1) is 0 Å². The highest BCUT2D eigenvalue weighted by atomic mass is 32.2. The molecule has 2 unspecified atom stereocenters. The van der Waals surface area contributed by atoms with Crippen molar-refractivity contribution in [3.8, 4) is 5.75 Å². The van der Waals surface area contributed by atoms with Gasteiger partial charge in [0.1, 0.15) is 5.75 Å². The van der Waals surface area contributed by atoms with Crippen LogP contribution in [0.25, 0.3) is 0 Å². The molecular weight excluding hydrogens is 260 g/mol. The van der Waals surface area contributed by atoms with Crippen molar-refractivity contribution in [3.63, 3.8) is 0 Å². The molecule has 1 aliphatic rings. The van der Waals surface area contributed by atoms with Gasteiger partial charge in [-0.3, -0.25) is 4.79 Å². The molecule has 1 aliphatic carbocycles. The highest BCUT2D eigenvalue weighted by Crippen LogP contribution is 2.28. The summed E-state index contributed by atoms with van der Waals surface area (Å²) in [5.41, 5.74) is 6.27. The van der Waals surface area contributed by atoms with E-state index in [0.717, 1.165) is 12.8 Å². The van der Waals surface area contributed by atoms with Crippen LogP contribution in [0.3, 0.4) is 0 Å². The van der Waals surface area contributed by atoms with Crippen LogP contribution in [0.5, 0.6) is 5.75 Å². The standard InChI is InChI=1S/C14H20N2O2S/c1-19-13-7-4-11(8-13)16-14(17)9-18-12-5-2-10(15)3-6-12/h2-3,5-6,11,13H,4,7-9,15H2,1H3,(H,16,17). The molecule has 3 N–H and O–H groups in total. The molecule has 1 aromatic carbocycles. The fraction of sp³-hybridized carbons (Fsp3) is 0.500. The van der Waals surface area contributed by atoms with Crippen LogP contribution in [0.15, 0.2) is 24.3 Å². The Morgan fingerprint density at radius 1 is 1.42 bits per heavy atom. The van der Waals surface area contributed by atoms with Crippen LogP contribution in [0.1, 0.15) is 19.3 Å². The summed E-state index contributed by atoms with van der Waals surface area (Å²) >= 11 is 1.88. The Kier molecular flexibility index (Phi) is 4.96. The van der Waals surface area contributed by atoms with Gasteiger partial charge in [0, 0.05) is 17.0 Å². The van der Waals surface area contributed by atoms with Crippen LogP contribution in [-0.4, -0.2) is 30.1 Å². The number of carbonyl (C=O) groups is 1. The molecule has 0 heterocycles. The monoisotopic (exact) mass is 280 g/mol. The second-order valence-corrected chi connectivity index (χ2v) is 5.93. The largest absolute Gasteiger partial charge is 0.484 e. The Hall–Kier alpha value is -1.36. The zero-order valence-corrected chi connectivity index (χ0v) is 11.9. The minimum atomic E-state index is -0.0522. The summed E-state index contributed by atoms with van der Waals surface area (Å²) in [5, 5.41) is 3.71. The number of thioether (sulfide) groups is 1. The van der Waals surface area contributed by atoms with Crippen molar-refractivity contribution < 1.29 is 9.53 Å². The van der Waals surface area contributed by atoms with E-state index in [1.807, 2.05) is 11.8 Å². The molecule has 0 spiro atoms. The van der Waals surface area contributed by atoms with Crippen LogP contribution in [0.4, 0.5) is 5.69 Å². The zero-order chi connectivity index (χ0) is 13.7. The molecule has 1 aromatic rings. The average Bonchev–Trinajstić information content (AvgIpc) is 2.86. The average molecular weight is 280 g/mol. The van der Waals surface area contributed by atoms with Crippen molar-refractivity contribution >= 4 is 23.4 Å². The smallest absolute Gasteiger partial charge is 0.258 e. The van der Waals surface area contributed by atoms with E-state index in [1.165, 1.54) is 6.42 Å². The van der Waals surface area contributed by atoms with Crippen molar-refractivity contribution in [2.45, 2.75) is 30.6 Å². The topological polar surface area (TPSA) is 64.3 Å². The first-order valence-electron chi connectivity index (χ1n) is 6.48. The molecule has 2 atom stereocenters. The molecule has 0 saturated heterocycles. The van der Waals surface area contributed by atoms with Crippen LogP contribution < -0.4 is 15.8 Å². The van der Waals surface area contributed by atoms with Crippen molar-refractivity contribution in [3.05, 3.63) is 24.3 Å². The number of benzene rings is 1. The Balaban J connectivity index is 1.71. The lowest BCUT2D eigenvalue weighted by molar-refractivity contribution is -0.123. The lowest BCUT2D eigenvalue weighted by Gasteiger charge is -2.13. The number of hydrogen-bond donors (Lipinski definition) is 2. The number of amides is 1. The van der Waals surface area contributed by atoms with Crippen molar-refractivity contribution in [1.82, 2.24) is 5.32 Å². The Morgan fingerprint density at radius 3 is 2.79 bits per heavy atom. The first kappa shape index (κ1) is 14.1. The molecule has 0 aromatic heterocycles. The minimum Gasteiger partial charge on any atom is -0.484 e. The molecule has 0 aliphatic heterocycles. The van der Waals surface area contributed by atoms with E-state index in [4.69, 9.17) is 10.5 Å². The molecule has 1 saturated carbocycles. The molecule has 4 nitrogen and oxygen atoms in total. The summed E-state index contributed by atoms with van der Waals surface area (Å²) in [6, 6.07) is 7.35. The fourth-order valence-corrected chi connectivity index (χ4v) is 3.06. The van der Waals surface area contributed by atoms with E-state index < -0.39 is 0 Å². The summed E-state index contributed by atoms with van der Waals surface area (Å²) in [6.07, 6.45) is 5.44. The molecule has 1 amide bonds. The maximum Gasteiger partial charge on any atom is 0.258 e. The van der Waals surface area contributed by atoms with E-state index >= 15 is 0 Å². The normalized spacial score (nSPS) is 22.2.